The van der Waals surface area contributed by atoms with Gasteiger partial charge in [0, 0.05) is 11.9 Å². The average molecular weight is 320 g/mol. The van der Waals surface area contributed by atoms with Crippen LogP contribution >= 0.6 is 0 Å². The highest BCUT2D eigenvalue weighted by Gasteiger charge is 2.17. The van der Waals surface area contributed by atoms with Gasteiger partial charge in [0.15, 0.2) is 0 Å². The van der Waals surface area contributed by atoms with Crippen LogP contribution in [0.15, 0.2) is 65.3 Å². The molecule has 1 atom stereocenters. The van der Waals surface area contributed by atoms with E-state index < -0.39 is 0 Å². The zero-order chi connectivity index (χ0) is 16.9. The Labute approximate surface area is 142 Å². The van der Waals surface area contributed by atoms with E-state index >= 15 is 0 Å². The van der Waals surface area contributed by atoms with Gasteiger partial charge in [-0.25, -0.2) is 0 Å². The number of nitrogens with one attached hydrogen (secondary N) is 1. The predicted octanol–water partition coefficient (Wildman–Crippen LogP) is 4.69. The minimum absolute atomic E-state index is 0.0610. The van der Waals surface area contributed by atoms with Crippen LogP contribution in [0, 0.1) is 18.3 Å². The fourth-order valence-electron chi connectivity index (χ4n) is 2.80. The van der Waals surface area contributed by atoms with Gasteiger partial charge in [-0.05, 0) is 42.0 Å². The van der Waals surface area contributed by atoms with E-state index in [0.29, 0.717) is 18.0 Å². The van der Waals surface area contributed by atoms with E-state index in [-0.39, 0.29) is 11.8 Å². The van der Waals surface area contributed by atoms with Gasteiger partial charge in [-0.3, -0.25) is 4.79 Å². The highest BCUT2D eigenvalue weighted by atomic mass is 16.3. The normalized spacial score (nSPS) is 12.5. The third-order valence-electron chi connectivity index (χ3n) is 4.30. The molecule has 0 saturated carbocycles. The largest absolute Gasteiger partial charge is 0.464 e. The molecule has 0 aliphatic carbocycles. The minimum atomic E-state index is -0.0610. The number of furan rings is 1. The topological polar surface area (TPSA) is 42.2 Å². The monoisotopic (exact) mass is 320 g/mol. The number of carbonyl (C=O) groups excluding carboxylic acids is 1. The Morgan fingerprint density at radius 2 is 1.88 bits per heavy atom. The SMILES string of the molecule is CC(C)C([CH]c1ccccc1)CNC(=O)c1cccc2occc12. The molecule has 3 rings (SSSR count). The van der Waals surface area contributed by atoms with E-state index in [1.165, 1.54) is 5.56 Å². The zero-order valence-corrected chi connectivity index (χ0v) is 14.0. The number of fused-ring (bicyclic) bond motifs is 1. The second-order valence-electron chi connectivity index (χ2n) is 6.33. The number of rotatable bonds is 6. The van der Waals surface area contributed by atoms with Gasteiger partial charge in [-0.15, -0.1) is 0 Å². The lowest BCUT2D eigenvalue weighted by Crippen LogP contribution is -2.32. The number of carbonyl (C=O) groups is 1. The second-order valence-corrected chi connectivity index (χ2v) is 6.33. The molecule has 123 valence electrons. The molecule has 24 heavy (non-hydrogen) atoms. The van der Waals surface area contributed by atoms with E-state index in [2.05, 4.69) is 37.7 Å². The number of hydrogen-bond acceptors (Lipinski definition) is 2. The molecule has 0 saturated heterocycles. The molecule has 1 aromatic heterocycles. The van der Waals surface area contributed by atoms with Crippen molar-refractivity contribution in [3.05, 3.63) is 78.4 Å². The number of benzene rings is 2. The van der Waals surface area contributed by atoms with Crippen LogP contribution in [-0.4, -0.2) is 12.5 Å². The van der Waals surface area contributed by atoms with Crippen molar-refractivity contribution in [1.82, 2.24) is 5.32 Å². The molecule has 1 N–H and O–H groups in total. The van der Waals surface area contributed by atoms with E-state index in [0.717, 1.165) is 11.0 Å². The van der Waals surface area contributed by atoms with E-state index in [9.17, 15) is 4.79 Å². The molecule has 0 spiro atoms. The van der Waals surface area contributed by atoms with Crippen LogP contribution in [0.5, 0.6) is 0 Å². The summed E-state index contributed by atoms with van der Waals surface area (Å²) in [5, 5.41) is 3.92. The summed E-state index contributed by atoms with van der Waals surface area (Å²) in [6, 6.07) is 17.6. The lowest BCUT2D eigenvalue weighted by Gasteiger charge is -2.21. The maximum atomic E-state index is 12.6. The Morgan fingerprint density at radius 1 is 1.08 bits per heavy atom. The summed E-state index contributed by atoms with van der Waals surface area (Å²) in [6.07, 6.45) is 3.84. The smallest absolute Gasteiger partial charge is 0.252 e. The molecule has 0 bridgehead atoms. The van der Waals surface area contributed by atoms with Crippen molar-refractivity contribution >= 4 is 16.9 Å². The molecule has 0 aliphatic heterocycles. The molecule has 0 aliphatic rings. The Hall–Kier alpha value is -2.55. The van der Waals surface area contributed by atoms with Gasteiger partial charge in [-0.2, -0.15) is 0 Å². The highest BCUT2D eigenvalue weighted by molar-refractivity contribution is 6.05. The highest BCUT2D eigenvalue weighted by Crippen LogP contribution is 2.21. The Balaban J connectivity index is 1.68. The molecule has 2 aromatic carbocycles. The summed E-state index contributed by atoms with van der Waals surface area (Å²) in [6.45, 7) is 4.96. The molecule has 1 heterocycles. The molecule has 1 radical (unpaired) electrons. The van der Waals surface area contributed by atoms with Gasteiger partial charge in [0.25, 0.3) is 5.91 Å². The summed E-state index contributed by atoms with van der Waals surface area (Å²) in [5.74, 6) is 0.657. The summed E-state index contributed by atoms with van der Waals surface area (Å²) in [4.78, 5) is 12.6. The van der Waals surface area contributed by atoms with Crippen molar-refractivity contribution < 1.29 is 9.21 Å². The first-order valence-corrected chi connectivity index (χ1v) is 8.29. The summed E-state index contributed by atoms with van der Waals surface area (Å²) >= 11 is 0. The lowest BCUT2D eigenvalue weighted by molar-refractivity contribution is 0.0948. The Morgan fingerprint density at radius 3 is 2.62 bits per heavy atom. The van der Waals surface area contributed by atoms with Crippen LogP contribution in [-0.2, 0) is 0 Å². The molecule has 0 fully saturated rings. The molecular formula is C21H22NO2. The second kappa shape index (κ2) is 7.35. The molecule has 3 heteroatoms. The minimum Gasteiger partial charge on any atom is -0.464 e. The van der Waals surface area contributed by atoms with Gasteiger partial charge in [0.2, 0.25) is 0 Å². The number of hydrogen-bond donors (Lipinski definition) is 1. The maximum absolute atomic E-state index is 12.6. The Bertz CT molecular complexity index is 805. The van der Waals surface area contributed by atoms with Crippen LogP contribution in [0.1, 0.15) is 29.8 Å². The Kier molecular flexibility index (Phi) is 4.99. The third-order valence-corrected chi connectivity index (χ3v) is 4.30. The number of amides is 1. The van der Waals surface area contributed by atoms with Crippen molar-refractivity contribution in [1.29, 1.82) is 0 Å². The molecule has 1 unspecified atom stereocenters. The fourth-order valence-corrected chi connectivity index (χ4v) is 2.80. The van der Waals surface area contributed by atoms with Crippen molar-refractivity contribution in [2.75, 3.05) is 6.54 Å². The van der Waals surface area contributed by atoms with E-state index in [1.807, 2.05) is 42.5 Å². The van der Waals surface area contributed by atoms with Crippen molar-refractivity contribution in [2.24, 2.45) is 11.8 Å². The average Bonchev–Trinajstić information content (AvgIpc) is 3.07. The lowest BCUT2D eigenvalue weighted by atomic mass is 9.89. The predicted molar refractivity (Wildman–Crippen MR) is 96.7 cm³/mol. The first-order valence-electron chi connectivity index (χ1n) is 8.29. The van der Waals surface area contributed by atoms with Gasteiger partial charge < -0.3 is 9.73 Å². The third kappa shape index (κ3) is 3.67. The molecule has 1 amide bonds. The standard InChI is InChI=1S/C21H22NO2/c1-15(2)17(13-16-7-4-3-5-8-16)14-22-21(23)19-9-6-10-20-18(19)11-12-24-20/h3-13,15,17H,14H2,1-2H3,(H,22,23). The van der Waals surface area contributed by atoms with Crippen molar-refractivity contribution in [3.8, 4) is 0 Å². The van der Waals surface area contributed by atoms with E-state index in [4.69, 9.17) is 4.42 Å². The van der Waals surface area contributed by atoms with Crippen LogP contribution in [0.2, 0.25) is 0 Å². The quantitative estimate of drug-likeness (QED) is 0.716. The van der Waals surface area contributed by atoms with E-state index in [1.54, 1.807) is 6.26 Å². The van der Waals surface area contributed by atoms with Gasteiger partial charge in [0.05, 0.1) is 11.8 Å². The van der Waals surface area contributed by atoms with Gasteiger partial charge >= 0.3 is 0 Å². The zero-order valence-electron chi connectivity index (χ0n) is 14.0. The molecule has 3 aromatic rings. The molecule has 3 nitrogen and oxygen atoms in total. The van der Waals surface area contributed by atoms with Crippen LogP contribution in [0.3, 0.4) is 0 Å². The summed E-state index contributed by atoms with van der Waals surface area (Å²) in [5.41, 5.74) is 2.57. The first-order chi connectivity index (χ1) is 11.6. The van der Waals surface area contributed by atoms with Crippen LogP contribution in [0.25, 0.3) is 11.0 Å². The summed E-state index contributed by atoms with van der Waals surface area (Å²) in [7, 11) is 0. The first kappa shape index (κ1) is 16.3. The maximum Gasteiger partial charge on any atom is 0.252 e. The van der Waals surface area contributed by atoms with Crippen LogP contribution < -0.4 is 5.32 Å². The van der Waals surface area contributed by atoms with Crippen molar-refractivity contribution in [3.63, 3.8) is 0 Å². The summed E-state index contributed by atoms with van der Waals surface area (Å²) < 4.78 is 5.37. The van der Waals surface area contributed by atoms with Crippen LogP contribution in [0.4, 0.5) is 0 Å². The molecular weight excluding hydrogens is 298 g/mol. The van der Waals surface area contributed by atoms with Gasteiger partial charge in [-0.1, -0.05) is 50.2 Å². The van der Waals surface area contributed by atoms with Crippen molar-refractivity contribution in [2.45, 2.75) is 13.8 Å². The fraction of sp³-hybridized carbons (Fsp3) is 0.238. The van der Waals surface area contributed by atoms with Gasteiger partial charge in [0.1, 0.15) is 5.58 Å².